The summed E-state index contributed by atoms with van der Waals surface area (Å²) in [7, 11) is 0. The van der Waals surface area contributed by atoms with E-state index >= 15 is 0 Å². The van der Waals surface area contributed by atoms with E-state index in [4.69, 9.17) is 5.73 Å². The van der Waals surface area contributed by atoms with Crippen molar-refractivity contribution in [1.82, 2.24) is 15.0 Å². The summed E-state index contributed by atoms with van der Waals surface area (Å²) in [6, 6.07) is 2.77. The first kappa shape index (κ1) is 12.8. The first-order chi connectivity index (χ1) is 8.99. The number of nitrogens with zero attached hydrogens (tertiary/aromatic N) is 4. The molecule has 1 atom stereocenters. The van der Waals surface area contributed by atoms with Gasteiger partial charge >= 0.3 is 5.69 Å². The smallest absolute Gasteiger partial charge is 0.329 e. The molecule has 19 heavy (non-hydrogen) atoms. The molecule has 2 aromatic rings. The van der Waals surface area contributed by atoms with Gasteiger partial charge in [-0.2, -0.15) is 0 Å². The highest BCUT2D eigenvalue weighted by Crippen LogP contribution is 2.23. The van der Waals surface area contributed by atoms with E-state index < -0.39 is 10.7 Å². The zero-order valence-electron chi connectivity index (χ0n) is 9.95. The van der Waals surface area contributed by atoms with Gasteiger partial charge in [0.05, 0.1) is 22.7 Å². The molecule has 0 spiro atoms. The summed E-state index contributed by atoms with van der Waals surface area (Å²) < 4.78 is 12.8. The van der Waals surface area contributed by atoms with Crippen LogP contribution in [0.4, 0.5) is 15.9 Å². The van der Waals surface area contributed by atoms with Gasteiger partial charge in [0, 0.05) is 0 Å². The number of hydrogen-bond donors (Lipinski definition) is 1. The Morgan fingerprint density at radius 3 is 2.63 bits per heavy atom. The minimum absolute atomic E-state index is 0.205. The molecule has 8 heteroatoms. The third-order valence-electron chi connectivity index (χ3n) is 2.59. The van der Waals surface area contributed by atoms with E-state index in [1.54, 1.807) is 6.92 Å². The molecule has 0 aromatic carbocycles. The summed E-state index contributed by atoms with van der Waals surface area (Å²) >= 11 is 0. The second-order valence-electron chi connectivity index (χ2n) is 3.88. The van der Waals surface area contributed by atoms with Crippen molar-refractivity contribution >= 4 is 11.5 Å². The summed E-state index contributed by atoms with van der Waals surface area (Å²) in [6.07, 6.45) is 2.14. The Kier molecular flexibility index (Phi) is 3.32. The fourth-order valence-corrected chi connectivity index (χ4v) is 1.53. The molecule has 0 aliphatic carbocycles. The number of aromatic nitrogens is 3. The van der Waals surface area contributed by atoms with Gasteiger partial charge in [0.2, 0.25) is 5.82 Å². The molecule has 2 aromatic heterocycles. The summed E-state index contributed by atoms with van der Waals surface area (Å²) in [4.78, 5) is 21.6. The van der Waals surface area contributed by atoms with E-state index in [0.29, 0.717) is 11.5 Å². The average Bonchev–Trinajstić information content (AvgIpc) is 2.38. The summed E-state index contributed by atoms with van der Waals surface area (Å²) in [6.45, 7) is 1.75. The number of anilines is 1. The molecule has 7 nitrogen and oxygen atoms in total. The molecule has 98 valence electrons. The van der Waals surface area contributed by atoms with Gasteiger partial charge in [-0.15, -0.1) is 0 Å². The fraction of sp³-hybridized carbons (Fsp3) is 0.182. The van der Waals surface area contributed by atoms with Crippen molar-refractivity contribution in [2.75, 3.05) is 5.73 Å². The first-order valence-corrected chi connectivity index (χ1v) is 5.37. The van der Waals surface area contributed by atoms with E-state index in [9.17, 15) is 14.5 Å². The van der Waals surface area contributed by atoms with Gasteiger partial charge in [0.15, 0.2) is 0 Å². The Labute approximate surface area is 107 Å². The van der Waals surface area contributed by atoms with Crippen molar-refractivity contribution in [2.45, 2.75) is 12.8 Å². The molecular weight excluding hydrogens is 253 g/mol. The normalized spacial score (nSPS) is 12.1. The molecule has 0 aliphatic heterocycles. The fourth-order valence-electron chi connectivity index (χ4n) is 1.53. The molecule has 0 aliphatic rings. The van der Waals surface area contributed by atoms with Crippen LogP contribution in [-0.2, 0) is 0 Å². The lowest BCUT2D eigenvalue weighted by atomic mass is 10.1. The van der Waals surface area contributed by atoms with Crippen molar-refractivity contribution in [3.63, 3.8) is 0 Å². The van der Waals surface area contributed by atoms with Crippen LogP contribution in [0.1, 0.15) is 24.4 Å². The molecule has 0 amide bonds. The van der Waals surface area contributed by atoms with Crippen molar-refractivity contribution < 1.29 is 9.31 Å². The predicted molar refractivity (Wildman–Crippen MR) is 64.8 cm³/mol. The molecule has 2 N–H and O–H groups in total. The largest absolute Gasteiger partial charge is 0.378 e. The van der Waals surface area contributed by atoms with Crippen molar-refractivity contribution in [3.05, 3.63) is 52.0 Å². The number of nitro groups is 1. The number of pyridine rings is 1. The van der Waals surface area contributed by atoms with Crippen LogP contribution in [0.25, 0.3) is 0 Å². The molecule has 0 fully saturated rings. The van der Waals surface area contributed by atoms with Gasteiger partial charge in [-0.1, -0.05) is 0 Å². The highest BCUT2D eigenvalue weighted by atomic mass is 19.1. The maximum atomic E-state index is 12.8. The number of rotatable bonds is 3. The van der Waals surface area contributed by atoms with E-state index in [1.807, 2.05) is 0 Å². The van der Waals surface area contributed by atoms with Crippen molar-refractivity contribution in [1.29, 1.82) is 0 Å². The van der Waals surface area contributed by atoms with Gasteiger partial charge in [-0.3, -0.25) is 15.1 Å². The Bertz CT molecular complexity index is 617. The molecule has 1 unspecified atom stereocenters. The zero-order chi connectivity index (χ0) is 14.0. The Hall–Kier alpha value is -2.64. The number of nitrogen functional groups attached to an aromatic ring is 1. The summed E-state index contributed by atoms with van der Waals surface area (Å²) in [5.41, 5.74) is 5.70. The molecule has 2 rings (SSSR count). The lowest BCUT2D eigenvalue weighted by molar-refractivity contribution is -0.384. The standard InChI is InChI=1S/C11H10FN5O2/c1-6(8-3-2-7(12)4-14-8)11-15-5-9(17(18)19)10(13)16-11/h2-6H,1H3,(H2,13,15,16). The van der Waals surface area contributed by atoms with Crippen LogP contribution in [0, 0.1) is 15.9 Å². The van der Waals surface area contributed by atoms with Crippen molar-refractivity contribution in [2.24, 2.45) is 0 Å². The van der Waals surface area contributed by atoms with Gasteiger partial charge < -0.3 is 5.73 Å². The average molecular weight is 263 g/mol. The van der Waals surface area contributed by atoms with Crippen LogP contribution in [0.15, 0.2) is 24.5 Å². The molecule has 0 radical (unpaired) electrons. The SMILES string of the molecule is CC(c1ccc(F)cn1)c1ncc([N+](=O)[O-])c(N)n1. The number of halogens is 1. The van der Waals surface area contributed by atoms with Gasteiger partial charge in [-0.25, -0.2) is 14.4 Å². The number of hydrogen-bond acceptors (Lipinski definition) is 6. The minimum Gasteiger partial charge on any atom is -0.378 e. The Morgan fingerprint density at radius 1 is 1.37 bits per heavy atom. The third kappa shape index (κ3) is 2.62. The lowest BCUT2D eigenvalue weighted by Gasteiger charge is -2.09. The molecular formula is C11H10FN5O2. The van der Waals surface area contributed by atoms with E-state index in [1.165, 1.54) is 12.1 Å². The van der Waals surface area contributed by atoms with Crippen LogP contribution >= 0.6 is 0 Å². The van der Waals surface area contributed by atoms with Gasteiger partial charge in [0.1, 0.15) is 17.8 Å². The van der Waals surface area contributed by atoms with E-state index in [-0.39, 0.29) is 17.4 Å². The van der Waals surface area contributed by atoms with Gasteiger partial charge in [-0.05, 0) is 19.1 Å². The molecule has 0 bridgehead atoms. The first-order valence-electron chi connectivity index (χ1n) is 5.37. The number of nitrogens with two attached hydrogens (primary N) is 1. The maximum absolute atomic E-state index is 12.8. The van der Waals surface area contributed by atoms with Crippen LogP contribution in [0.2, 0.25) is 0 Å². The van der Waals surface area contributed by atoms with Crippen LogP contribution in [0.5, 0.6) is 0 Å². The van der Waals surface area contributed by atoms with E-state index in [2.05, 4.69) is 15.0 Å². The predicted octanol–water partition coefficient (Wildman–Crippen LogP) is 1.65. The summed E-state index contributed by atoms with van der Waals surface area (Å²) in [5.74, 6) is -0.699. The van der Waals surface area contributed by atoms with Crippen LogP contribution in [-0.4, -0.2) is 19.9 Å². The second-order valence-corrected chi connectivity index (χ2v) is 3.88. The summed E-state index contributed by atoms with van der Waals surface area (Å²) in [5, 5.41) is 10.6. The lowest BCUT2D eigenvalue weighted by Crippen LogP contribution is -2.08. The van der Waals surface area contributed by atoms with Crippen LogP contribution in [0.3, 0.4) is 0 Å². The maximum Gasteiger partial charge on any atom is 0.329 e. The van der Waals surface area contributed by atoms with E-state index in [0.717, 1.165) is 12.4 Å². The Balaban J connectivity index is 2.34. The molecule has 2 heterocycles. The molecule has 0 saturated heterocycles. The van der Waals surface area contributed by atoms with Crippen molar-refractivity contribution in [3.8, 4) is 0 Å². The van der Waals surface area contributed by atoms with Crippen LogP contribution < -0.4 is 5.73 Å². The minimum atomic E-state index is -0.653. The molecule has 0 saturated carbocycles. The quantitative estimate of drug-likeness (QED) is 0.666. The second kappa shape index (κ2) is 4.92. The topological polar surface area (TPSA) is 108 Å². The highest BCUT2D eigenvalue weighted by molar-refractivity contribution is 5.50. The monoisotopic (exact) mass is 263 g/mol. The van der Waals surface area contributed by atoms with Gasteiger partial charge in [0.25, 0.3) is 0 Å². The Morgan fingerprint density at radius 2 is 2.11 bits per heavy atom. The highest BCUT2D eigenvalue weighted by Gasteiger charge is 2.19. The zero-order valence-corrected chi connectivity index (χ0v) is 9.95. The third-order valence-corrected chi connectivity index (χ3v) is 2.59.